The van der Waals surface area contributed by atoms with Crippen molar-refractivity contribution in [3.63, 3.8) is 0 Å². The maximum atomic E-state index is 12.7. The van der Waals surface area contributed by atoms with Gasteiger partial charge in [0.2, 0.25) is 11.8 Å². The van der Waals surface area contributed by atoms with Gasteiger partial charge in [0.25, 0.3) is 5.91 Å². The fraction of sp³-hybridized carbons (Fsp3) is 0.381. The molecule has 2 N–H and O–H groups in total. The normalized spacial score (nSPS) is 16.3. The van der Waals surface area contributed by atoms with Gasteiger partial charge in [-0.15, -0.1) is 11.3 Å². The Morgan fingerprint density at radius 3 is 2.75 bits per heavy atom. The molecule has 1 saturated heterocycles. The number of hydrogen-bond donors (Lipinski definition) is 2. The second kappa shape index (κ2) is 7.75. The van der Waals surface area contributed by atoms with E-state index in [1.54, 1.807) is 0 Å². The minimum Gasteiger partial charge on any atom is -0.338 e. The SMILES string of the molecule is Cc1cc(NC(=O)C2CC2)sc1C(=O)Nc1cccc(CN2CCCC2=O)c1. The van der Waals surface area contributed by atoms with Crippen molar-refractivity contribution in [2.45, 2.75) is 39.2 Å². The quantitative estimate of drug-likeness (QED) is 0.779. The molecule has 0 unspecified atom stereocenters. The summed E-state index contributed by atoms with van der Waals surface area (Å²) in [4.78, 5) is 38.9. The number of nitrogens with one attached hydrogen (secondary N) is 2. The van der Waals surface area contributed by atoms with Crippen LogP contribution in [0.4, 0.5) is 10.7 Å². The Kier molecular flexibility index (Phi) is 5.17. The first-order valence-corrected chi connectivity index (χ1v) is 10.4. The average Bonchev–Trinajstić information content (AvgIpc) is 3.35. The summed E-state index contributed by atoms with van der Waals surface area (Å²) in [6.07, 6.45) is 3.42. The molecule has 7 heteroatoms. The molecule has 0 spiro atoms. The molecule has 28 heavy (non-hydrogen) atoms. The van der Waals surface area contributed by atoms with Gasteiger partial charge in [-0.2, -0.15) is 0 Å². The van der Waals surface area contributed by atoms with Crippen LogP contribution in [0.1, 0.15) is 46.5 Å². The Bertz CT molecular complexity index is 933. The lowest BCUT2D eigenvalue weighted by molar-refractivity contribution is -0.128. The van der Waals surface area contributed by atoms with E-state index < -0.39 is 0 Å². The summed E-state index contributed by atoms with van der Waals surface area (Å²) in [6.45, 7) is 3.23. The van der Waals surface area contributed by atoms with Crippen LogP contribution in [-0.2, 0) is 16.1 Å². The second-order valence-corrected chi connectivity index (χ2v) is 8.51. The first-order valence-electron chi connectivity index (χ1n) is 9.59. The Hall–Kier alpha value is -2.67. The Balaban J connectivity index is 1.42. The summed E-state index contributed by atoms with van der Waals surface area (Å²) in [5, 5.41) is 6.54. The summed E-state index contributed by atoms with van der Waals surface area (Å²) in [6, 6.07) is 9.43. The first kappa shape index (κ1) is 18.7. The van der Waals surface area contributed by atoms with E-state index in [1.165, 1.54) is 11.3 Å². The van der Waals surface area contributed by atoms with Crippen molar-refractivity contribution in [2.24, 2.45) is 5.92 Å². The van der Waals surface area contributed by atoms with Crippen LogP contribution >= 0.6 is 11.3 Å². The highest BCUT2D eigenvalue weighted by atomic mass is 32.1. The number of hydrogen-bond acceptors (Lipinski definition) is 4. The minimum atomic E-state index is -0.191. The molecule has 2 aromatic rings. The predicted molar refractivity (Wildman–Crippen MR) is 109 cm³/mol. The van der Waals surface area contributed by atoms with Gasteiger partial charge in [-0.3, -0.25) is 14.4 Å². The van der Waals surface area contributed by atoms with Gasteiger partial charge in [-0.05, 0) is 55.5 Å². The third-order valence-corrected chi connectivity index (χ3v) is 6.20. The van der Waals surface area contributed by atoms with Crippen LogP contribution in [0, 0.1) is 12.8 Å². The molecule has 2 fully saturated rings. The van der Waals surface area contributed by atoms with E-state index in [2.05, 4.69) is 10.6 Å². The molecule has 1 aliphatic heterocycles. The fourth-order valence-corrected chi connectivity index (χ4v) is 4.34. The number of thiophene rings is 1. The number of nitrogens with zero attached hydrogens (tertiary/aromatic N) is 1. The standard InChI is InChI=1S/C21H23N3O3S/c1-13-10-17(23-20(26)15-7-8-15)28-19(13)21(27)22-16-5-2-4-14(11-16)12-24-9-3-6-18(24)25/h2,4-5,10-11,15H,3,6-9,12H2,1H3,(H,22,27)(H,23,26). The maximum Gasteiger partial charge on any atom is 0.266 e. The number of anilines is 2. The van der Waals surface area contributed by atoms with Crippen LogP contribution in [0.15, 0.2) is 30.3 Å². The zero-order chi connectivity index (χ0) is 19.7. The number of amides is 3. The topological polar surface area (TPSA) is 78.5 Å². The summed E-state index contributed by atoms with van der Waals surface area (Å²) in [5.41, 5.74) is 2.53. The molecule has 146 valence electrons. The van der Waals surface area contributed by atoms with E-state index in [0.29, 0.717) is 28.5 Å². The van der Waals surface area contributed by atoms with Crippen molar-refractivity contribution in [3.8, 4) is 0 Å². The smallest absolute Gasteiger partial charge is 0.266 e. The lowest BCUT2D eigenvalue weighted by Crippen LogP contribution is -2.23. The molecule has 1 aromatic heterocycles. The molecular formula is C21H23N3O3S. The molecule has 0 bridgehead atoms. The van der Waals surface area contributed by atoms with E-state index in [1.807, 2.05) is 42.2 Å². The Labute approximate surface area is 167 Å². The zero-order valence-corrected chi connectivity index (χ0v) is 16.6. The molecule has 0 atom stereocenters. The summed E-state index contributed by atoms with van der Waals surface area (Å²) < 4.78 is 0. The number of rotatable bonds is 6. The number of carbonyl (C=O) groups excluding carboxylic acids is 3. The summed E-state index contributed by atoms with van der Waals surface area (Å²) >= 11 is 1.29. The number of aryl methyl sites for hydroxylation is 1. The Morgan fingerprint density at radius 1 is 1.21 bits per heavy atom. The van der Waals surface area contributed by atoms with Crippen LogP contribution in [0.3, 0.4) is 0 Å². The maximum absolute atomic E-state index is 12.7. The van der Waals surface area contributed by atoms with Crippen LogP contribution in [-0.4, -0.2) is 29.2 Å². The van der Waals surface area contributed by atoms with Crippen molar-refractivity contribution < 1.29 is 14.4 Å². The largest absolute Gasteiger partial charge is 0.338 e. The van der Waals surface area contributed by atoms with Crippen LogP contribution < -0.4 is 10.6 Å². The lowest BCUT2D eigenvalue weighted by Gasteiger charge is -2.16. The summed E-state index contributed by atoms with van der Waals surface area (Å²) in [5.74, 6) is 0.163. The second-order valence-electron chi connectivity index (χ2n) is 7.46. The molecule has 3 amide bonds. The van der Waals surface area contributed by atoms with E-state index >= 15 is 0 Å². The predicted octanol–water partition coefficient (Wildman–Crippen LogP) is 3.78. The van der Waals surface area contributed by atoms with Gasteiger partial charge < -0.3 is 15.5 Å². The van der Waals surface area contributed by atoms with Crippen molar-refractivity contribution >= 4 is 39.7 Å². The molecule has 1 aromatic carbocycles. The molecule has 2 heterocycles. The average molecular weight is 398 g/mol. The van der Waals surface area contributed by atoms with Gasteiger partial charge in [-0.25, -0.2) is 0 Å². The van der Waals surface area contributed by atoms with E-state index in [4.69, 9.17) is 0 Å². The third-order valence-electron chi connectivity index (χ3n) is 5.05. The molecule has 6 nitrogen and oxygen atoms in total. The van der Waals surface area contributed by atoms with Gasteiger partial charge in [-0.1, -0.05) is 12.1 Å². The van der Waals surface area contributed by atoms with Gasteiger partial charge in [0.05, 0.1) is 9.88 Å². The van der Waals surface area contributed by atoms with Gasteiger partial charge >= 0.3 is 0 Å². The van der Waals surface area contributed by atoms with Crippen molar-refractivity contribution in [1.29, 1.82) is 0 Å². The van der Waals surface area contributed by atoms with Crippen LogP contribution in [0.2, 0.25) is 0 Å². The third kappa shape index (κ3) is 4.25. The summed E-state index contributed by atoms with van der Waals surface area (Å²) in [7, 11) is 0. The van der Waals surface area contributed by atoms with Gasteiger partial charge in [0.15, 0.2) is 0 Å². The number of benzene rings is 1. The van der Waals surface area contributed by atoms with Gasteiger partial charge in [0, 0.05) is 31.1 Å². The molecular weight excluding hydrogens is 374 g/mol. The van der Waals surface area contributed by atoms with E-state index in [9.17, 15) is 14.4 Å². The molecule has 1 aliphatic carbocycles. The Morgan fingerprint density at radius 2 is 2.04 bits per heavy atom. The van der Waals surface area contributed by atoms with Crippen LogP contribution in [0.25, 0.3) is 0 Å². The first-order chi connectivity index (χ1) is 13.5. The molecule has 2 aliphatic rings. The van der Waals surface area contributed by atoms with Crippen LogP contribution in [0.5, 0.6) is 0 Å². The molecule has 1 saturated carbocycles. The lowest BCUT2D eigenvalue weighted by atomic mass is 10.2. The zero-order valence-electron chi connectivity index (χ0n) is 15.8. The van der Waals surface area contributed by atoms with Crippen molar-refractivity contribution in [1.82, 2.24) is 4.90 Å². The highest BCUT2D eigenvalue weighted by Crippen LogP contribution is 2.33. The highest BCUT2D eigenvalue weighted by Gasteiger charge is 2.30. The van der Waals surface area contributed by atoms with Crippen molar-refractivity contribution in [3.05, 3.63) is 46.3 Å². The van der Waals surface area contributed by atoms with Crippen molar-refractivity contribution in [2.75, 3.05) is 17.2 Å². The van der Waals surface area contributed by atoms with E-state index in [-0.39, 0.29) is 23.6 Å². The van der Waals surface area contributed by atoms with Gasteiger partial charge in [0.1, 0.15) is 0 Å². The number of carbonyl (C=O) groups is 3. The monoisotopic (exact) mass is 397 g/mol. The number of likely N-dealkylation sites (tertiary alicyclic amines) is 1. The molecule has 4 rings (SSSR count). The van der Waals surface area contributed by atoms with E-state index in [0.717, 1.165) is 36.9 Å². The molecule has 0 radical (unpaired) electrons. The highest BCUT2D eigenvalue weighted by molar-refractivity contribution is 7.18. The minimum absolute atomic E-state index is 0.0392. The fourth-order valence-electron chi connectivity index (χ4n) is 3.37.